The molecule has 0 bridgehead atoms. The van der Waals surface area contributed by atoms with Crippen molar-refractivity contribution in [2.24, 2.45) is 17.0 Å². The van der Waals surface area contributed by atoms with Crippen LogP contribution in [0.25, 0.3) is 0 Å². The second-order valence-electron chi connectivity index (χ2n) is 5.64. The molecule has 1 aromatic rings. The first-order valence-electron chi connectivity index (χ1n) is 6.85. The van der Waals surface area contributed by atoms with E-state index in [-0.39, 0.29) is 16.5 Å². The average molecular weight is 299 g/mol. The van der Waals surface area contributed by atoms with Crippen LogP contribution in [0.3, 0.4) is 0 Å². The predicted octanol–water partition coefficient (Wildman–Crippen LogP) is 1.22. The van der Waals surface area contributed by atoms with Gasteiger partial charge in [0.25, 0.3) is 5.91 Å². The van der Waals surface area contributed by atoms with Gasteiger partial charge >= 0.3 is 0 Å². The first kappa shape index (κ1) is 15.1. The van der Waals surface area contributed by atoms with Gasteiger partial charge < -0.3 is 10.3 Å². The Bertz CT molecular complexity index is 579. The van der Waals surface area contributed by atoms with Crippen molar-refractivity contribution in [2.45, 2.75) is 37.5 Å². The molecule has 0 aliphatic heterocycles. The van der Waals surface area contributed by atoms with Crippen LogP contribution < -0.4 is 10.5 Å². The Kier molecular flexibility index (Phi) is 4.49. The molecule has 20 heavy (non-hydrogen) atoms. The maximum absolute atomic E-state index is 11.9. The van der Waals surface area contributed by atoms with Gasteiger partial charge in [-0.3, -0.25) is 4.79 Å². The van der Waals surface area contributed by atoms with Crippen LogP contribution in [0.1, 0.15) is 43.1 Å². The molecule has 4 N–H and O–H groups in total. The molecule has 1 saturated carbocycles. The van der Waals surface area contributed by atoms with Gasteiger partial charge in [-0.2, -0.15) is 0 Å². The lowest BCUT2D eigenvalue weighted by Crippen LogP contribution is -2.31. The highest BCUT2D eigenvalue weighted by Crippen LogP contribution is 2.27. The van der Waals surface area contributed by atoms with E-state index in [0.29, 0.717) is 18.4 Å². The second-order valence-corrected chi connectivity index (χ2v) is 7.20. The molecule has 112 valence electrons. The summed E-state index contributed by atoms with van der Waals surface area (Å²) in [5, 5.41) is 7.85. The zero-order chi connectivity index (χ0) is 14.8. The smallest absolute Gasteiger partial charge is 0.267 e. The summed E-state index contributed by atoms with van der Waals surface area (Å²) < 4.78 is 22.3. The van der Waals surface area contributed by atoms with Crippen LogP contribution in [-0.2, 0) is 10.0 Å². The lowest BCUT2D eigenvalue weighted by atomic mass is 9.82. The zero-order valence-corrected chi connectivity index (χ0v) is 12.4. The van der Waals surface area contributed by atoms with Crippen LogP contribution in [0.4, 0.5) is 0 Å². The molecule has 0 aromatic carbocycles. The van der Waals surface area contributed by atoms with E-state index in [4.69, 9.17) is 5.14 Å². The van der Waals surface area contributed by atoms with Crippen molar-refractivity contribution in [3.8, 4) is 0 Å². The number of rotatable bonds is 4. The van der Waals surface area contributed by atoms with Crippen LogP contribution in [0, 0.1) is 11.8 Å². The van der Waals surface area contributed by atoms with Gasteiger partial charge in [0.15, 0.2) is 0 Å². The van der Waals surface area contributed by atoms with E-state index in [2.05, 4.69) is 17.2 Å². The maximum atomic E-state index is 11.9. The highest BCUT2D eigenvalue weighted by Gasteiger charge is 2.20. The quantitative estimate of drug-likeness (QED) is 0.778. The second kappa shape index (κ2) is 5.97. The number of sulfonamides is 1. The number of hydrogen-bond donors (Lipinski definition) is 3. The number of nitrogens with one attached hydrogen (secondary N) is 2. The van der Waals surface area contributed by atoms with Gasteiger partial charge in [-0.1, -0.05) is 19.8 Å². The lowest BCUT2D eigenvalue weighted by Gasteiger charge is -2.26. The highest BCUT2D eigenvalue weighted by atomic mass is 32.2. The Morgan fingerprint density at radius 2 is 2.25 bits per heavy atom. The highest BCUT2D eigenvalue weighted by molar-refractivity contribution is 7.89. The Balaban J connectivity index is 1.90. The first-order chi connectivity index (χ1) is 9.36. The summed E-state index contributed by atoms with van der Waals surface area (Å²) in [6, 6.07) is 1.26. The lowest BCUT2D eigenvalue weighted by molar-refractivity contribution is 0.0936. The number of H-pyrrole nitrogens is 1. The summed E-state index contributed by atoms with van der Waals surface area (Å²) >= 11 is 0. The van der Waals surface area contributed by atoms with Crippen LogP contribution >= 0.6 is 0 Å². The van der Waals surface area contributed by atoms with Gasteiger partial charge in [0, 0.05) is 12.7 Å². The number of carbonyl (C=O) groups excluding carboxylic acids is 1. The summed E-state index contributed by atoms with van der Waals surface area (Å²) in [4.78, 5) is 14.5. The van der Waals surface area contributed by atoms with Gasteiger partial charge in [-0.25, -0.2) is 13.6 Å². The SMILES string of the molecule is CC1CCCC(CNC(=O)c2cc(S(N)(=O)=O)c[nH]2)C1. The fourth-order valence-electron chi connectivity index (χ4n) is 2.75. The third-order valence-corrected chi connectivity index (χ3v) is 4.72. The van der Waals surface area contributed by atoms with Crippen LogP contribution in [-0.4, -0.2) is 25.9 Å². The largest absolute Gasteiger partial charge is 0.356 e. The topological polar surface area (TPSA) is 105 Å². The van der Waals surface area contributed by atoms with Crippen molar-refractivity contribution >= 4 is 15.9 Å². The molecule has 1 amide bonds. The van der Waals surface area contributed by atoms with E-state index >= 15 is 0 Å². The average Bonchev–Trinajstić information content (AvgIpc) is 2.85. The van der Waals surface area contributed by atoms with Crippen molar-refractivity contribution in [1.82, 2.24) is 10.3 Å². The number of hydrogen-bond acceptors (Lipinski definition) is 3. The van der Waals surface area contributed by atoms with Crippen LogP contribution in [0.5, 0.6) is 0 Å². The number of aromatic nitrogens is 1. The molecule has 0 radical (unpaired) electrons. The van der Waals surface area contributed by atoms with E-state index < -0.39 is 10.0 Å². The summed E-state index contributed by atoms with van der Waals surface area (Å²) in [5.74, 6) is 0.929. The minimum absolute atomic E-state index is 0.0751. The molecular weight excluding hydrogens is 278 g/mol. The van der Waals surface area contributed by atoms with Crippen molar-refractivity contribution in [2.75, 3.05) is 6.54 Å². The zero-order valence-electron chi connectivity index (χ0n) is 11.6. The Morgan fingerprint density at radius 1 is 1.50 bits per heavy atom. The number of amides is 1. The van der Waals surface area contributed by atoms with Gasteiger partial charge in [0.2, 0.25) is 10.0 Å². The molecule has 2 unspecified atom stereocenters. The number of carbonyl (C=O) groups is 1. The van der Waals surface area contributed by atoms with Crippen molar-refractivity contribution in [3.63, 3.8) is 0 Å². The fraction of sp³-hybridized carbons (Fsp3) is 0.615. The van der Waals surface area contributed by atoms with Crippen LogP contribution in [0.15, 0.2) is 17.2 Å². The van der Waals surface area contributed by atoms with E-state index in [0.717, 1.165) is 12.8 Å². The summed E-state index contributed by atoms with van der Waals surface area (Å²) in [6.07, 6.45) is 5.97. The summed E-state index contributed by atoms with van der Waals surface area (Å²) in [6.45, 7) is 2.87. The van der Waals surface area contributed by atoms with Gasteiger partial charge in [-0.05, 0) is 30.7 Å². The standard InChI is InChI=1S/C13H21N3O3S/c1-9-3-2-4-10(5-9)7-16-13(17)12-6-11(8-15-12)20(14,18)19/h6,8-10,15H,2-5,7H2,1H3,(H,16,17)(H2,14,18,19). The molecule has 1 fully saturated rings. The first-order valence-corrected chi connectivity index (χ1v) is 8.40. The molecule has 2 rings (SSSR count). The molecule has 2 atom stereocenters. The van der Waals surface area contributed by atoms with Crippen molar-refractivity contribution in [3.05, 3.63) is 18.0 Å². The fourth-order valence-corrected chi connectivity index (χ4v) is 3.25. The molecule has 1 heterocycles. The minimum Gasteiger partial charge on any atom is -0.356 e. The molecule has 0 spiro atoms. The van der Waals surface area contributed by atoms with Gasteiger partial charge in [-0.15, -0.1) is 0 Å². The maximum Gasteiger partial charge on any atom is 0.267 e. The minimum atomic E-state index is -3.77. The van der Waals surface area contributed by atoms with Crippen LogP contribution in [0.2, 0.25) is 0 Å². The summed E-state index contributed by atoms with van der Waals surface area (Å²) in [7, 11) is -3.77. The molecule has 7 heteroatoms. The van der Waals surface area contributed by atoms with E-state index in [1.54, 1.807) is 0 Å². The van der Waals surface area contributed by atoms with Crippen molar-refractivity contribution in [1.29, 1.82) is 0 Å². The predicted molar refractivity (Wildman–Crippen MR) is 75.6 cm³/mol. The third kappa shape index (κ3) is 3.83. The third-order valence-electron chi connectivity index (χ3n) is 3.83. The molecule has 1 aliphatic rings. The summed E-state index contributed by atoms with van der Waals surface area (Å²) in [5.41, 5.74) is 0.220. The van der Waals surface area contributed by atoms with Gasteiger partial charge in [0.05, 0.1) is 4.90 Å². The van der Waals surface area contributed by atoms with E-state index in [9.17, 15) is 13.2 Å². The number of primary sulfonamides is 1. The Hall–Kier alpha value is -1.34. The number of aromatic amines is 1. The monoisotopic (exact) mass is 299 g/mol. The van der Waals surface area contributed by atoms with Crippen molar-refractivity contribution < 1.29 is 13.2 Å². The normalized spacial score (nSPS) is 23.5. The van der Waals surface area contributed by atoms with E-state index in [1.165, 1.54) is 25.1 Å². The van der Waals surface area contributed by atoms with Gasteiger partial charge in [0.1, 0.15) is 5.69 Å². The molecular formula is C13H21N3O3S. The molecule has 1 aromatic heterocycles. The molecule has 1 aliphatic carbocycles. The van der Waals surface area contributed by atoms with E-state index in [1.807, 2.05) is 0 Å². The molecule has 6 nitrogen and oxygen atoms in total. The number of nitrogens with two attached hydrogens (primary N) is 1. The Labute approximate surface area is 119 Å². The molecule has 0 saturated heterocycles. The Morgan fingerprint density at radius 3 is 2.85 bits per heavy atom.